The third-order valence-corrected chi connectivity index (χ3v) is 4.61. The van der Waals surface area contributed by atoms with E-state index in [1.165, 1.54) is 5.56 Å². The number of nitrogens with one attached hydrogen (secondary N) is 2. The van der Waals surface area contributed by atoms with Crippen LogP contribution in [0.15, 0.2) is 23.2 Å². The Hall–Kier alpha value is -1.75. The van der Waals surface area contributed by atoms with Gasteiger partial charge in [-0.15, -0.1) is 0 Å². The lowest BCUT2D eigenvalue weighted by molar-refractivity contribution is -0.0971. The number of hydrogen-bond acceptors (Lipinski definition) is 3. The van der Waals surface area contributed by atoms with Gasteiger partial charge in [0.2, 0.25) is 0 Å². The molecule has 1 aromatic carbocycles. The van der Waals surface area contributed by atoms with Crippen LogP contribution in [0, 0.1) is 18.3 Å². The van der Waals surface area contributed by atoms with Gasteiger partial charge >= 0.3 is 0 Å². The third-order valence-electron chi connectivity index (χ3n) is 4.61. The van der Waals surface area contributed by atoms with E-state index in [0.29, 0.717) is 12.5 Å². The molecule has 1 aliphatic heterocycles. The van der Waals surface area contributed by atoms with Gasteiger partial charge < -0.3 is 20.1 Å². The van der Waals surface area contributed by atoms with E-state index in [1.807, 2.05) is 0 Å². The zero-order chi connectivity index (χ0) is 19.2. The van der Waals surface area contributed by atoms with E-state index in [9.17, 15) is 0 Å². The molecule has 0 spiro atoms. The molecule has 5 heteroatoms. The number of aliphatic imine (C=N–C) groups is 1. The second-order valence-electron chi connectivity index (χ2n) is 8.25. The molecule has 0 radical (unpaired) electrons. The van der Waals surface area contributed by atoms with Crippen molar-refractivity contribution in [1.82, 2.24) is 10.6 Å². The van der Waals surface area contributed by atoms with Gasteiger partial charge in [0.25, 0.3) is 0 Å². The quantitative estimate of drug-likeness (QED) is 0.550. The molecule has 1 aromatic rings. The molecule has 0 amide bonds. The Balaban J connectivity index is 1.94. The highest BCUT2D eigenvalue weighted by atomic mass is 16.5. The highest BCUT2D eigenvalue weighted by molar-refractivity contribution is 5.79. The maximum atomic E-state index is 6.23. The summed E-state index contributed by atoms with van der Waals surface area (Å²) in [5, 5.41) is 6.80. The van der Waals surface area contributed by atoms with Crippen molar-refractivity contribution in [2.24, 2.45) is 16.3 Å². The average molecular weight is 362 g/mol. The van der Waals surface area contributed by atoms with Crippen LogP contribution in [-0.4, -0.2) is 38.9 Å². The summed E-state index contributed by atoms with van der Waals surface area (Å²) in [4.78, 5) is 4.32. The second kappa shape index (κ2) is 9.26. The van der Waals surface area contributed by atoms with Crippen molar-refractivity contribution in [3.63, 3.8) is 0 Å². The monoisotopic (exact) mass is 361 g/mol. The molecule has 26 heavy (non-hydrogen) atoms. The van der Waals surface area contributed by atoms with Crippen molar-refractivity contribution in [1.29, 1.82) is 0 Å². The fraction of sp³-hybridized carbons (Fsp3) is 0.667. The summed E-state index contributed by atoms with van der Waals surface area (Å²) in [6.07, 6.45) is 1.25. The predicted octanol–water partition coefficient (Wildman–Crippen LogP) is 3.51. The van der Waals surface area contributed by atoms with Crippen LogP contribution in [-0.2, 0) is 11.3 Å². The highest BCUT2D eigenvalue weighted by Gasteiger charge is 2.33. The lowest BCUT2D eigenvalue weighted by Crippen LogP contribution is -2.50. The number of rotatable bonds is 8. The van der Waals surface area contributed by atoms with Crippen LogP contribution in [0.1, 0.15) is 45.2 Å². The number of ether oxygens (including phenoxy) is 2. The Labute approximate surface area is 158 Å². The summed E-state index contributed by atoms with van der Waals surface area (Å²) >= 11 is 0. The molecule has 5 nitrogen and oxygen atoms in total. The molecule has 0 bridgehead atoms. The van der Waals surface area contributed by atoms with Crippen molar-refractivity contribution < 1.29 is 9.47 Å². The minimum atomic E-state index is 0.201. The SMILES string of the molecule is CN=C(NCc1ccc(C)cc1OC(C)CC(C)C)NCC1(C)COC1. The first-order valence-corrected chi connectivity index (χ1v) is 9.60. The second-order valence-corrected chi connectivity index (χ2v) is 8.25. The lowest BCUT2D eigenvalue weighted by atomic mass is 9.89. The van der Waals surface area contributed by atoms with E-state index in [1.54, 1.807) is 7.05 Å². The largest absolute Gasteiger partial charge is 0.490 e. The summed E-state index contributed by atoms with van der Waals surface area (Å²) in [6, 6.07) is 6.38. The van der Waals surface area contributed by atoms with Crippen molar-refractivity contribution in [3.8, 4) is 5.75 Å². The summed E-state index contributed by atoms with van der Waals surface area (Å²) < 4.78 is 11.5. The normalized spacial score (nSPS) is 17.6. The Morgan fingerprint density at radius 2 is 2.00 bits per heavy atom. The number of aryl methyl sites for hydroxylation is 1. The molecule has 1 atom stereocenters. The van der Waals surface area contributed by atoms with Gasteiger partial charge in [-0.1, -0.05) is 32.9 Å². The standard InChI is InChI=1S/C21H35N3O2/c1-15(2)9-17(4)26-19-10-16(3)7-8-18(19)11-23-20(22-6)24-12-21(5)13-25-14-21/h7-8,10,15,17H,9,11-14H2,1-6H3,(H2,22,23,24). The molecule has 146 valence electrons. The first kappa shape index (κ1) is 20.6. The summed E-state index contributed by atoms with van der Waals surface area (Å²) in [6.45, 7) is 14.1. The van der Waals surface area contributed by atoms with Crippen molar-refractivity contribution in [2.75, 3.05) is 26.8 Å². The fourth-order valence-electron chi connectivity index (χ4n) is 3.10. The van der Waals surface area contributed by atoms with Crippen LogP contribution in [0.5, 0.6) is 5.75 Å². The first-order chi connectivity index (χ1) is 12.3. The molecule has 0 saturated carbocycles. The van der Waals surface area contributed by atoms with Gasteiger partial charge in [-0.25, -0.2) is 0 Å². The zero-order valence-electron chi connectivity index (χ0n) is 17.2. The van der Waals surface area contributed by atoms with Crippen molar-refractivity contribution in [2.45, 2.75) is 53.7 Å². The molecular formula is C21H35N3O2. The Morgan fingerprint density at radius 3 is 2.58 bits per heavy atom. The average Bonchev–Trinajstić information content (AvgIpc) is 2.54. The van der Waals surface area contributed by atoms with Crippen molar-refractivity contribution in [3.05, 3.63) is 29.3 Å². The zero-order valence-corrected chi connectivity index (χ0v) is 17.2. The fourth-order valence-corrected chi connectivity index (χ4v) is 3.10. The maximum absolute atomic E-state index is 6.23. The van der Waals surface area contributed by atoms with Gasteiger partial charge in [-0.3, -0.25) is 4.99 Å². The predicted molar refractivity (Wildman–Crippen MR) is 108 cm³/mol. The van der Waals surface area contributed by atoms with Crippen LogP contribution < -0.4 is 15.4 Å². The number of benzene rings is 1. The molecule has 1 heterocycles. The van der Waals surface area contributed by atoms with E-state index in [-0.39, 0.29) is 11.5 Å². The van der Waals surface area contributed by atoms with E-state index in [2.05, 4.69) is 68.4 Å². The maximum Gasteiger partial charge on any atom is 0.191 e. The first-order valence-electron chi connectivity index (χ1n) is 9.60. The highest BCUT2D eigenvalue weighted by Crippen LogP contribution is 2.25. The number of nitrogens with zero attached hydrogens (tertiary/aromatic N) is 1. The molecule has 2 N–H and O–H groups in total. The van der Waals surface area contributed by atoms with E-state index >= 15 is 0 Å². The van der Waals surface area contributed by atoms with E-state index in [4.69, 9.17) is 9.47 Å². The molecule has 1 saturated heterocycles. The molecule has 0 aromatic heterocycles. The smallest absolute Gasteiger partial charge is 0.191 e. The van der Waals surface area contributed by atoms with E-state index < -0.39 is 0 Å². The van der Waals surface area contributed by atoms with Crippen LogP contribution in [0.3, 0.4) is 0 Å². The van der Waals surface area contributed by atoms with Gasteiger partial charge in [0.05, 0.1) is 19.3 Å². The van der Waals surface area contributed by atoms with E-state index in [0.717, 1.165) is 43.5 Å². The Morgan fingerprint density at radius 1 is 1.27 bits per heavy atom. The van der Waals surface area contributed by atoms with Gasteiger partial charge in [-0.05, 0) is 37.8 Å². The third kappa shape index (κ3) is 6.20. The summed E-state index contributed by atoms with van der Waals surface area (Å²) in [5.41, 5.74) is 2.57. The van der Waals surface area contributed by atoms with Crippen LogP contribution in [0.4, 0.5) is 0 Å². The summed E-state index contributed by atoms with van der Waals surface area (Å²) in [7, 11) is 1.80. The lowest BCUT2D eigenvalue weighted by Gasteiger charge is -2.38. The molecule has 1 fully saturated rings. The van der Waals surface area contributed by atoms with Crippen molar-refractivity contribution >= 4 is 5.96 Å². The summed E-state index contributed by atoms with van der Waals surface area (Å²) in [5.74, 6) is 2.39. The molecular weight excluding hydrogens is 326 g/mol. The molecule has 0 aliphatic carbocycles. The van der Waals surface area contributed by atoms with Crippen LogP contribution >= 0.6 is 0 Å². The number of hydrogen-bond donors (Lipinski definition) is 2. The van der Waals surface area contributed by atoms with Crippen LogP contribution in [0.25, 0.3) is 0 Å². The molecule has 2 rings (SSSR count). The van der Waals surface area contributed by atoms with Gasteiger partial charge in [0.1, 0.15) is 5.75 Å². The van der Waals surface area contributed by atoms with Gasteiger partial charge in [0.15, 0.2) is 5.96 Å². The number of guanidine groups is 1. The molecule has 1 unspecified atom stereocenters. The Kier molecular flexibility index (Phi) is 7.33. The minimum absolute atomic E-state index is 0.201. The van der Waals surface area contributed by atoms with Gasteiger partial charge in [0, 0.05) is 31.1 Å². The van der Waals surface area contributed by atoms with Crippen LogP contribution in [0.2, 0.25) is 0 Å². The van der Waals surface area contributed by atoms with Gasteiger partial charge in [-0.2, -0.15) is 0 Å². The topological polar surface area (TPSA) is 54.9 Å². The Bertz CT molecular complexity index is 609. The minimum Gasteiger partial charge on any atom is -0.490 e. The molecule has 1 aliphatic rings.